The fourth-order valence-corrected chi connectivity index (χ4v) is 6.02. The van der Waals surface area contributed by atoms with Crippen LogP contribution in [0.3, 0.4) is 0 Å². The van der Waals surface area contributed by atoms with E-state index in [1.807, 2.05) is 54.6 Å². The van der Waals surface area contributed by atoms with Gasteiger partial charge in [-0.05, 0) is 73.4 Å². The summed E-state index contributed by atoms with van der Waals surface area (Å²) < 4.78 is 33.6. The first-order chi connectivity index (χ1) is 19.9. The molecular formula is C36H39O4P. The largest absolute Gasteiger partial charge is 0.647 e. The smallest absolute Gasteiger partial charge is 0.386 e. The van der Waals surface area contributed by atoms with Gasteiger partial charge >= 0.3 is 7.82 Å². The van der Waals surface area contributed by atoms with Crippen LogP contribution in [-0.2, 0) is 43.1 Å². The highest BCUT2D eigenvalue weighted by Gasteiger charge is 2.36. The van der Waals surface area contributed by atoms with Crippen LogP contribution in [0.5, 0.6) is 17.2 Å². The Bertz CT molecular complexity index is 1290. The number of phosphoric acid groups is 1. The third-order valence-electron chi connectivity index (χ3n) is 6.46. The van der Waals surface area contributed by atoms with Crippen LogP contribution in [0.25, 0.3) is 0 Å². The number of hydrogen-bond acceptors (Lipinski definition) is 4. The van der Waals surface area contributed by atoms with Gasteiger partial charge in [0.2, 0.25) is 0 Å². The minimum absolute atomic E-state index is 0.396. The van der Waals surface area contributed by atoms with Crippen molar-refractivity contribution in [2.75, 3.05) is 0 Å². The first kappa shape index (κ1) is 31.3. The zero-order chi connectivity index (χ0) is 29.7. The average molecular weight is 567 g/mol. The standard InChI is InChI=1S/C36H39O4P/c1-7-16-28-22-13-25-34(31(28)19-10-4)38-41(37,39-35-26-14-23-29(17-8-2)32(35)20-11-5)40-36-27-15-24-30(18-9-3)33(36)21-12-6/h7-15,22-27H,1-6,16-21H2. The maximum atomic E-state index is 14.8. The normalized spacial score (nSPS) is 10.7. The van der Waals surface area contributed by atoms with E-state index in [1.54, 1.807) is 36.4 Å². The first-order valence-electron chi connectivity index (χ1n) is 13.6. The predicted octanol–water partition coefficient (Wildman–Crippen LogP) is 9.70. The van der Waals surface area contributed by atoms with Crippen LogP contribution in [0.15, 0.2) is 131 Å². The molecule has 0 N–H and O–H groups in total. The fourth-order valence-electron chi connectivity index (χ4n) is 4.68. The summed E-state index contributed by atoms with van der Waals surface area (Å²) in [4.78, 5) is 0. The molecule has 0 aliphatic carbocycles. The molecule has 3 aromatic carbocycles. The topological polar surface area (TPSA) is 44.8 Å². The summed E-state index contributed by atoms with van der Waals surface area (Å²) in [5, 5.41) is 0. The Morgan fingerprint density at radius 3 is 0.976 bits per heavy atom. The van der Waals surface area contributed by atoms with E-state index in [0.717, 1.165) is 33.4 Å². The van der Waals surface area contributed by atoms with E-state index < -0.39 is 7.82 Å². The van der Waals surface area contributed by atoms with Gasteiger partial charge in [0.05, 0.1) is 0 Å². The molecule has 5 heteroatoms. The fraction of sp³-hybridized carbons (Fsp3) is 0.167. The van der Waals surface area contributed by atoms with Crippen molar-refractivity contribution in [3.05, 3.63) is 164 Å². The number of allylic oxidation sites excluding steroid dienone is 6. The highest BCUT2D eigenvalue weighted by Crippen LogP contribution is 2.52. The summed E-state index contributed by atoms with van der Waals surface area (Å²) in [6.45, 7) is 23.3. The lowest BCUT2D eigenvalue weighted by Gasteiger charge is -2.24. The van der Waals surface area contributed by atoms with Crippen LogP contribution < -0.4 is 13.6 Å². The third-order valence-corrected chi connectivity index (χ3v) is 7.72. The van der Waals surface area contributed by atoms with Gasteiger partial charge in [0.15, 0.2) is 0 Å². The molecule has 3 aromatic rings. The summed E-state index contributed by atoms with van der Waals surface area (Å²) in [5.74, 6) is 1.19. The highest BCUT2D eigenvalue weighted by atomic mass is 31.2. The van der Waals surface area contributed by atoms with E-state index in [-0.39, 0.29) is 0 Å². The summed E-state index contributed by atoms with van der Waals surface area (Å²) in [5.41, 5.74) is 5.49. The molecule has 0 atom stereocenters. The Labute approximate surface area is 245 Å². The summed E-state index contributed by atoms with van der Waals surface area (Å²) in [7, 11) is -4.33. The van der Waals surface area contributed by atoms with Gasteiger partial charge in [0.25, 0.3) is 0 Å². The molecule has 0 unspecified atom stereocenters. The van der Waals surface area contributed by atoms with Crippen LogP contribution in [0.1, 0.15) is 33.4 Å². The Kier molecular flexibility index (Phi) is 11.8. The van der Waals surface area contributed by atoms with Crippen LogP contribution in [0.4, 0.5) is 0 Å². The number of hydrogen-bond donors (Lipinski definition) is 0. The van der Waals surface area contributed by atoms with Gasteiger partial charge in [-0.3, -0.25) is 0 Å². The summed E-state index contributed by atoms with van der Waals surface area (Å²) in [6, 6.07) is 16.8. The van der Waals surface area contributed by atoms with Crippen molar-refractivity contribution in [1.29, 1.82) is 0 Å². The maximum Gasteiger partial charge on any atom is 0.647 e. The molecule has 3 rings (SSSR count). The van der Waals surface area contributed by atoms with Crippen molar-refractivity contribution in [2.45, 2.75) is 38.5 Å². The van der Waals surface area contributed by atoms with Gasteiger partial charge in [-0.25, -0.2) is 0 Å². The van der Waals surface area contributed by atoms with E-state index in [1.165, 1.54) is 0 Å². The van der Waals surface area contributed by atoms with Crippen LogP contribution in [0, 0.1) is 0 Å². The second-order valence-corrected chi connectivity index (χ2v) is 10.8. The molecule has 0 fully saturated rings. The lowest BCUT2D eigenvalue weighted by atomic mass is 10.0. The third kappa shape index (κ3) is 8.13. The van der Waals surface area contributed by atoms with Gasteiger partial charge in [0.1, 0.15) is 17.2 Å². The Morgan fingerprint density at radius 2 is 0.732 bits per heavy atom. The van der Waals surface area contributed by atoms with Crippen molar-refractivity contribution >= 4 is 7.82 Å². The summed E-state index contributed by atoms with van der Waals surface area (Å²) >= 11 is 0. The molecule has 0 aromatic heterocycles. The minimum atomic E-state index is -4.33. The van der Waals surface area contributed by atoms with Crippen molar-refractivity contribution in [1.82, 2.24) is 0 Å². The lowest BCUT2D eigenvalue weighted by Crippen LogP contribution is -2.12. The van der Waals surface area contributed by atoms with Crippen LogP contribution in [-0.4, -0.2) is 0 Å². The van der Waals surface area contributed by atoms with Crippen molar-refractivity contribution in [3.63, 3.8) is 0 Å². The van der Waals surface area contributed by atoms with Crippen molar-refractivity contribution in [2.24, 2.45) is 0 Å². The van der Waals surface area contributed by atoms with E-state index >= 15 is 0 Å². The molecule has 41 heavy (non-hydrogen) atoms. The summed E-state index contributed by atoms with van der Waals surface area (Å²) in [6.07, 6.45) is 14.2. The van der Waals surface area contributed by atoms with Gasteiger partial charge < -0.3 is 13.6 Å². The van der Waals surface area contributed by atoms with E-state index in [4.69, 9.17) is 13.6 Å². The SMILES string of the molecule is C=CCc1cccc(OP(=O)(Oc2cccc(CC=C)c2CC=C)Oc2cccc(CC=C)c2CC=C)c1CC=C. The predicted molar refractivity (Wildman–Crippen MR) is 172 cm³/mol. The average Bonchev–Trinajstić information content (AvgIpc) is 2.94. The highest BCUT2D eigenvalue weighted by molar-refractivity contribution is 7.49. The molecule has 0 radical (unpaired) electrons. The van der Waals surface area contributed by atoms with E-state index in [2.05, 4.69) is 39.5 Å². The lowest BCUT2D eigenvalue weighted by molar-refractivity contribution is 0.295. The molecule has 0 aliphatic rings. The molecule has 0 saturated carbocycles. The first-order valence-corrected chi connectivity index (χ1v) is 15.1. The molecule has 0 bridgehead atoms. The van der Waals surface area contributed by atoms with Crippen LogP contribution >= 0.6 is 7.82 Å². The van der Waals surface area contributed by atoms with Gasteiger partial charge in [0, 0.05) is 16.7 Å². The Hall–Kier alpha value is -4.27. The van der Waals surface area contributed by atoms with Crippen LogP contribution in [0.2, 0.25) is 0 Å². The minimum Gasteiger partial charge on any atom is -0.386 e. The Balaban J connectivity index is 2.20. The second kappa shape index (κ2) is 15.5. The van der Waals surface area contributed by atoms with Gasteiger partial charge in [-0.15, -0.1) is 39.5 Å². The monoisotopic (exact) mass is 566 g/mol. The number of rotatable bonds is 18. The molecule has 0 saturated heterocycles. The molecule has 0 amide bonds. The Morgan fingerprint density at radius 1 is 0.463 bits per heavy atom. The number of phosphoric ester groups is 1. The molecule has 0 aliphatic heterocycles. The van der Waals surface area contributed by atoms with Crippen molar-refractivity contribution < 1.29 is 18.1 Å². The van der Waals surface area contributed by atoms with Gasteiger partial charge in [-0.1, -0.05) is 72.9 Å². The van der Waals surface area contributed by atoms with E-state index in [0.29, 0.717) is 55.8 Å². The molecular weight excluding hydrogens is 527 g/mol. The molecule has 0 spiro atoms. The second-order valence-electron chi connectivity index (χ2n) is 9.36. The zero-order valence-corrected chi connectivity index (χ0v) is 24.6. The molecule has 0 heterocycles. The van der Waals surface area contributed by atoms with Gasteiger partial charge in [-0.2, -0.15) is 4.57 Å². The molecule has 4 nitrogen and oxygen atoms in total. The molecule has 212 valence electrons. The number of benzene rings is 3. The maximum absolute atomic E-state index is 14.8. The zero-order valence-electron chi connectivity index (χ0n) is 23.7. The quantitative estimate of drug-likeness (QED) is 0.114. The van der Waals surface area contributed by atoms with Crippen molar-refractivity contribution in [3.8, 4) is 17.2 Å². The van der Waals surface area contributed by atoms with E-state index in [9.17, 15) is 4.57 Å².